The summed E-state index contributed by atoms with van der Waals surface area (Å²) < 4.78 is 7.88. The topological polar surface area (TPSA) is 68.5 Å². The van der Waals surface area contributed by atoms with Gasteiger partial charge in [-0.25, -0.2) is 0 Å². The molecule has 0 radical (unpaired) electrons. The molecule has 1 unspecified atom stereocenters. The number of halogens is 1. The number of carbonyl (C=O) groups excluding carboxylic acids is 1. The van der Waals surface area contributed by atoms with Crippen molar-refractivity contribution in [1.29, 1.82) is 0 Å². The number of aryl methyl sites for hydroxylation is 2. The number of benzene rings is 1. The van der Waals surface area contributed by atoms with E-state index < -0.39 is 5.97 Å². The number of aliphatic carboxylic acids is 1. The molecule has 0 bridgehead atoms. The van der Waals surface area contributed by atoms with Crippen molar-refractivity contribution in [1.82, 2.24) is 4.57 Å². The summed E-state index contributed by atoms with van der Waals surface area (Å²) in [6, 6.07) is 17.3. The number of carboxylic acid groups (broad SMARTS) is 1. The van der Waals surface area contributed by atoms with Crippen molar-refractivity contribution in [2.75, 3.05) is 6.61 Å². The van der Waals surface area contributed by atoms with E-state index in [4.69, 9.17) is 21.4 Å². The summed E-state index contributed by atoms with van der Waals surface area (Å²) >= 11 is 6.20. The molecule has 5 nitrogen and oxygen atoms in total. The molecule has 0 amide bonds. The molecule has 2 aromatic carbocycles. The van der Waals surface area contributed by atoms with Gasteiger partial charge in [-0.1, -0.05) is 36.7 Å². The van der Waals surface area contributed by atoms with E-state index in [1.54, 1.807) is 19.1 Å². The fourth-order valence-electron chi connectivity index (χ4n) is 3.81. The van der Waals surface area contributed by atoms with Gasteiger partial charge in [0.1, 0.15) is 0 Å². The van der Waals surface area contributed by atoms with E-state index in [9.17, 15) is 9.59 Å². The minimum absolute atomic E-state index is 0.0446. The van der Waals surface area contributed by atoms with E-state index in [-0.39, 0.29) is 24.5 Å². The molecule has 31 heavy (non-hydrogen) atoms. The first-order valence-corrected chi connectivity index (χ1v) is 10.7. The van der Waals surface area contributed by atoms with Crippen molar-refractivity contribution in [3.05, 3.63) is 70.4 Å². The van der Waals surface area contributed by atoms with Crippen molar-refractivity contribution >= 4 is 34.3 Å². The number of Topliss-reactive ketones (excluding diaryl/α,β-unsaturated/α-hetero) is 1. The minimum Gasteiger partial charge on any atom is -0.481 e. The summed E-state index contributed by atoms with van der Waals surface area (Å²) in [6.07, 6.45) is 1.80. The highest BCUT2D eigenvalue weighted by molar-refractivity contribution is 6.31. The Balaban J connectivity index is 1.75. The molecule has 6 heteroatoms. The van der Waals surface area contributed by atoms with Crippen LogP contribution in [-0.2, 0) is 29.6 Å². The van der Waals surface area contributed by atoms with Crippen LogP contribution >= 0.6 is 11.6 Å². The molecule has 162 valence electrons. The number of hydrogen-bond donors (Lipinski definition) is 1. The zero-order valence-electron chi connectivity index (χ0n) is 17.8. The number of hydrogen-bond acceptors (Lipinski definition) is 3. The van der Waals surface area contributed by atoms with E-state index in [0.717, 1.165) is 35.0 Å². The maximum atomic E-state index is 13.2. The Labute approximate surface area is 187 Å². The van der Waals surface area contributed by atoms with Gasteiger partial charge in [0.05, 0.1) is 12.3 Å². The highest BCUT2D eigenvalue weighted by Crippen LogP contribution is 2.30. The fraction of sp³-hybridized carbons (Fsp3) is 0.360. The van der Waals surface area contributed by atoms with E-state index in [2.05, 4.69) is 12.1 Å². The number of ether oxygens (including phenoxy) is 1. The molecule has 0 aliphatic carbocycles. The van der Waals surface area contributed by atoms with Crippen molar-refractivity contribution in [3.8, 4) is 0 Å². The monoisotopic (exact) mass is 439 g/mol. The van der Waals surface area contributed by atoms with Gasteiger partial charge in [-0.15, -0.1) is 0 Å². The second-order valence-electron chi connectivity index (χ2n) is 7.85. The van der Waals surface area contributed by atoms with Crippen LogP contribution in [0.1, 0.15) is 47.8 Å². The van der Waals surface area contributed by atoms with Gasteiger partial charge in [-0.3, -0.25) is 9.59 Å². The van der Waals surface area contributed by atoms with Crippen LogP contribution in [0.15, 0.2) is 36.4 Å². The standard InChI is InChI=1S/C25H26ClNO4/c1-17(14-24(29)30)13-23(28)25-20-15-19(26)10-11-21(20)27(2)22(25)16-31-12-6-9-18-7-4-3-5-8-18/h3-4,7,10-11,15,17H,6,9,12-14,16H2,1-2H3,(H,29,30). The third kappa shape index (κ3) is 5.88. The zero-order chi connectivity index (χ0) is 22.4. The molecule has 0 aliphatic rings. The summed E-state index contributed by atoms with van der Waals surface area (Å²) in [7, 11) is 1.90. The summed E-state index contributed by atoms with van der Waals surface area (Å²) in [5.41, 5.74) is 3.34. The largest absolute Gasteiger partial charge is 0.481 e. The fourth-order valence-corrected chi connectivity index (χ4v) is 3.98. The van der Waals surface area contributed by atoms with Crippen LogP contribution in [0.4, 0.5) is 0 Å². The summed E-state index contributed by atoms with van der Waals surface area (Å²) in [6.45, 7) is 2.62. The Morgan fingerprint density at radius 1 is 1.26 bits per heavy atom. The third-order valence-corrected chi connectivity index (χ3v) is 5.54. The average Bonchev–Trinajstić information content (AvgIpc) is 2.99. The van der Waals surface area contributed by atoms with Gasteiger partial charge in [0.25, 0.3) is 0 Å². The SMILES string of the molecule is CC(CC(=O)O)CC(=O)c1c(COCCCc2c#cccc2)n(C)c2ccc(Cl)cc12. The first kappa shape index (κ1) is 22.9. The van der Waals surface area contributed by atoms with Crippen LogP contribution < -0.4 is 0 Å². The molecule has 1 atom stereocenters. The number of carbonyl (C=O) groups is 2. The third-order valence-electron chi connectivity index (χ3n) is 5.30. The molecule has 0 spiro atoms. The van der Waals surface area contributed by atoms with Crippen LogP contribution in [0.3, 0.4) is 0 Å². The number of rotatable bonds is 11. The number of carboxylic acids is 1. The molecule has 3 aromatic rings. The van der Waals surface area contributed by atoms with Crippen molar-refractivity contribution in [2.45, 2.75) is 39.2 Å². The lowest BCUT2D eigenvalue weighted by molar-refractivity contribution is -0.137. The lowest BCUT2D eigenvalue weighted by atomic mass is 9.95. The maximum Gasteiger partial charge on any atom is 0.303 e. The van der Waals surface area contributed by atoms with Crippen molar-refractivity contribution in [3.63, 3.8) is 0 Å². The van der Waals surface area contributed by atoms with Crippen LogP contribution in [0, 0.1) is 18.1 Å². The molecular weight excluding hydrogens is 414 g/mol. The maximum absolute atomic E-state index is 13.2. The van der Waals surface area contributed by atoms with Crippen LogP contribution in [0.25, 0.3) is 10.9 Å². The molecule has 0 saturated heterocycles. The quantitative estimate of drug-likeness (QED) is 0.326. The van der Waals surface area contributed by atoms with Gasteiger partial charge >= 0.3 is 5.97 Å². The highest BCUT2D eigenvalue weighted by Gasteiger charge is 2.23. The smallest absolute Gasteiger partial charge is 0.303 e. The number of ketones is 1. The van der Waals surface area contributed by atoms with Gasteiger partial charge in [-0.05, 0) is 49.1 Å². The minimum atomic E-state index is -0.905. The Morgan fingerprint density at radius 3 is 2.77 bits per heavy atom. The Hall–Kier alpha value is -2.81. The second kappa shape index (κ2) is 10.5. The highest BCUT2D eigenvalue weighted by atomic mass is 35.5. The summed E-state index contributed by atoms with van der Waals surface area (Å²) in [5, 5.41) is 10.3. The average molecular weight is 440 g/mol. The van der Waals surface area contributed by atoms with Crippen molar-refractivity contribution < 1.29 is 19.4 Å². The zero-order valence-corrected chi connectivity index (χ0v) is 18.5. The predicted molar refractivity (Wildman–Crippen MR) is 120 cm³/mol. The Morgan fingerprint density at radius 2 is 2.06 bits per heavy atom. The van der Waals surface area contributed by atoms with Gasteiger partial charge in [0.15, 0.2) is 5.78 Å². The summed E-state index contributed by atoms with van der Waals surface area (Å²) in [4.78, 5) is 24.2. The van der Waals surface area contributed by atoms with Crippen molar-refractivity contribution in [2.24, 2.45) is 13.0 Å². The predicted octanol–water partition coefficient (Wildman–Crippen LogP) is 5.27. The molecule has 3 rings (SSSR count). The van der Waals surface area contributed by atoms with Gasteiger partial charge in [0, 0.05) is 53.5 Å². The molecule has 1 aromatic heterocycles. The molecule has 0 fully saturated rings. The number of aromatic nitrogens is 1. The first-order chi connectivity index (χ1) is 14.9. The number of nitrogens with zero attached hydrogens (tertiary/aromatic N) is 1. The van der Waals surface area contributed by atoms with Crippen LogP contribution in [-0.4, -0.2) is 28.0 Å². The first-order valence-electron chi connectivity index (χ1n) is 10.3. The summed E-state index contributed by atoms with van der Waals surface area (Å²) in [5.74, 6) is -1.25. The van der Waals surface area contributed by atoms with E-state index in [0.29, 0.717) is 23.8 Å². The van der Waals surface area contributed by atoms with Crippen LogP contribution in [0.5, 0.6) is 0 Å². The van der Waals surface area contributed by atoms with Crippen LogP contribution in [0.2, 0.25) is 5.02 Å². The lowest BCUT2D eigenvalue weighted by Crippen LogP contribution is -2.13. The van der Waals surface area contributed by atoms with E-state index in [1.165, 1.54) is 0 Å². The van der Waals surface area contributed by atoms with Gasteiger partial charge in [0.2, 0.25) is 0 Å². The molecular formula is C25H26ClNO4. The molecule has 0 saturated carbocycles. The van der Waals surface area contributed by atoms with E-state index in [1.807, 2.05) is 35.9 Å². The lowest BCUT2D eigenvalue weighted by Gasteiger charge is -2.11. The Kier molecular flexibility index (Phi) is 7.73. The molecule has 0 aliphatic heterocycles. The van der Waals surface area contributed by atoms with Gasteiger partial charge in [-0.2, -0.15) is 0 Å². The van der Waals surface area contributed by atoms with Gasteiger partial charge < -0.3 is 14.4 Å². The Bertz CT molecular complexity index is 1060. The van der Waals surface area contributed by atoms with E-state index >= 15 is 0 Å². The molecule has 1 heterocycles. The normalized spacial score (nSPS) is 12.0. The molecule has 1 N–H and O–H groups in total. The second-order valence-corrected chi connectivity index (χ2v) is 8.29. The number of fused-ring (bicyclic) bond motifs is 1.